The molecule has 0 aliphatic carbocycles. The predicted molar refractivity (Wildman–Crippen MR) is 30.6 cm³/mol. The fourth-order valence-corrected chi connectivity index (χ4v) is 0.960. The van der Waals surface area contributed by atoms with E-state index >= 15 is 0 Å². The normalized spacial score (nSPS) is 15.2. The molecule has 0 aliphatic rings. The Hall–Kier alpha value is 1.33. The Morgan fingerprint density at radius 1 is 0.722 bits per heavy atom. The number of hydrogen-bond donors (Lipinski definition) is 0. The SMILES string of the molecule is O=S(=O)([O-])C(F)(F)C(F)(F)C(F)(F)C(F)(F)F.[Cs+]. The zero-order chi connectivity index (χ0) is 14.5. The van der Waals surface area contributed by atoms with Crippen LogP contribution in [0.3, 0.4) is 0 Å². The number of rotatable bonds is 3. The molecule has 0 saturated heterocycles. The van der Waals surface area contributed by atoms with Gasteiger partial charge in [0, 0.05) is 0 Å². The maximum Gasteiger partial charge on any atom is 1.00 e. The second-order valence-electron chi connectivity index (χ2n) is 2.62. The van der Waals surface area contributed by atoms with Crippen molar-refractivity contribution in [3.63, 3.8) is 0 Å². The van der Waals surface area contributed by atoms with E-state index in [0.29, 0.717) is 0 Å². The second-order valence-corrected chi connectivity index (χ2v) is 4.04. The van der Waals surface area contributed by atoms with Gasteiger partial charge in [-0.25, -0.2) is 8.42 Å². The maximum absolute atomic E-state index is 12.2. The zero-order valence-corrected chi connectivity index (χ0v) is 15.1. The van der Waals surface area contributed by atoms with Crippen LogP contribution in [0, 0.1) is 0 Å². The van der Waals surface area contributed by atoms with Gasteiger partial charge in [0.05, 0.1) is 0 Å². The van der Waals surface area contributed by atoms with Crippen LogP contribution in [0.1, 0.15) is 0 Å². The minimum absolute atomic E-state index is 0. The topological polar surface area (TPSA) is 57.2 Å². The van der Waals surface area contributed by atoms with Crippen LogP contribution in [0.15, 0.2) is 0 Å². The summed E-state index contributed by atoms with van der Waals surface area (Å²) in [6.45, 7) is 0. The van der Waals surface area contributed by atoms with E-state index in [1.807, 2.05) is 0 Å². The molecule has 0 aromatic rings. The fraction of sp³-hybridized carbons (Fsp3) is 1.00. The molecule has 0 aromatic carbocycles. The Balaban J connectivity index is 0. The molecule has 0 saturated carbocycles. The van der Waals surface area contributed by atoms with Crippen LogP contribution in [0.5, 0.6) is 0 Å². The van der Waals surface area contributed by atoms with E-state index in [0.717, 1.165) is 0 Å². The Morgan fingerprint density at radius 2 is 1.00 bits per heavy atom. The summed E-state index contributed by atoms with van der Waals surface area (Å²) in [4.78, 5) is 0. The predicted octanol–water partition coefficient (Wildman–Crippen LogP) is -1.04. The van der Waals surface area contributed by atoms with Gasteiger partial charge < -0.3 is 4.55 Å². The molecule has 14 heteroatoms. The van der Waals surface area contributed by atoms with Crippen LogP contribution in [0.25, 0.3) is 0 Å². The molecule has 0 aromatic heterocycles. The van der Waals surface area contributed by atoms with E-state index < -0.39 is 33.4 Å². The zero-order valence-electron chi connectivity index (χ0n) is 8.03. The van der Waals surface area contributed by atoms with E-state index in [1.165, 1.54) is 0 Å². The minimum Gasteiger partial charge on any atom is -0.743 e. The Kier molecular flexibility index (Phi) is 6.74. The molecule has 0 amide bonds. The molecular formula is C4CsF9O3S. The van der Waals surface area contributed by atoms with Crippen molar-refractivity contribution in [1.82, 2.24) is 0 Å². The van der Waals surface area contributed by atoms with Crippen LogP contribution < -0.4 is 68.9 Å². The first kappa shape index (κ1) is 21.6. The third-order valence-corrected chi connectivity index (χ3v) is 2.31. The van der Waals surface area contributed by atoms with E-state index in [2.05, 4.69) is 0 Å². The molecule has 0 spiro atoms. The van der Waals surface area contributed by atoms with Crippen LogP contribution in [0.2, 0.25) is 0 Å². The Bertz CT molecular complexity index is 399. The average molecular weight is 432 g/mol. The molecule has 0 N–H and O–H groups in total. The summed E-state index contributed by atoms with van der Waals surface area (Å²) >= 11 is 0. The standard InChI is InChI=1S/C4HF9O3S.Cs/c5-1(6,3(9,10)11)2(7,8)4(12,13)17(14,15)16;/h(H,14,15,16);/q;+1/p-1. The Morgan fingerprint density at radius 3 is 1.17 bits per heavy atom. The van der Waals surface area contributed by atoms with Crippen molar-refractivity contribution in [3.8, 4) is 0 Å². The summed E-state index contributed by atoms with van der Waals surface area (Å²) < 4.78 is 135. The van der Waals surface area contributed by atoms with Gasteiger partial charge in [-0.2, -0.15) is 39.5 Å². The van der Waals surface area contributed by atoms with Crippen molar-refractivity contribution in [2.75, 3.05) is 0 Å². The summed E-state index contributed by atoms with van der Waals surface area (Å²) in [6.07, 6.45) is -7.16. The Labute approximate surface area is 152 Å². The molecule has 3 nitrogen and oxygen atoms in total. The van der Waals surface area contributed by atoms with Gasteiger partial charge in [-0.05, 0) is 0 Å². The largest absolute Gasteiger partial charge is 1.00 e. The molecule has 0 aliphatic heterocycles. The van der Waals surface area contributed by atoms with Gasteiger partial charge in [-0.1, -0.05) is 0 Å². The third-order valence-electron chi connectivity index (χ3n) is 1.43. The van der Waals surface area contributed by atoms with Crippen molar-refractivity contribution in [3.05, 3.63) is 0 Å². The molecule has 0 fully saturated rings. The maximum atomic E-state index is 12.2. The van der Waals surface area contributed by atoms with Crippen molar-refractivity contribution >= 4 is 10.1 Å². The van der Waals surface area contributed by atoms with Crippen LogP contribution in [0.4, 0.5) is 39.5 Å². The molecule has 18 heavy (non-hydrogen) atoms. The molecule has 0 bridgehead atoms. The fourth-order valence-electron chi connectivity index (χ4n) is 0.518. The van der Waals surface area contributed by atoms with Gasteiger partial charge in [0.2, 0.25) is 0 Å². The third kappa shape index (κ3) is 3.32. The summed E-state index contributed by atoms with van der Waals surface area (Å²) in [6, 6.07) is 0. The second kappa shape index (κ2) is 5.61. The van der Waals surface area contributed by atoms with Crippen LogP contribution >= 0.6 is 0 Å². The summed E-state index contributed by atoms with van der Waals surface area (Å²) in [5, 5.41) is -7.11. The van der Waals surface area contributed by atoms with Crippen LogP contribution in [-0.4, -0.2) is 36.2 Å². The summed E-state index contributed by atoms with van der Waals surface area (Å²) in [5.41, 5.74) is 0. The summed E-state index contributed by atoms with van der Waals surface area (Å²) in [5.74, 6) is -14.8. The first-order valence-electron chi connectivity index (χ1n) is 3.15. The van der Waals surface area contributed by atoms with Crippen molar-refractivity contribution < 1.29 is 121 Å². The van der Waals surface area contributed by atoms with Gasteiger partial charge in [0.15, 0.2) is 10.1 Å². The van der Waals surface area contributed by atoms with Crippen molar-refractivity contribution in [2.45, 2.75) is 23.3 Å². The first-order valence-corrected chi connectivity index (χ1v) is 4.56. The molecular weight excluding hydrogens is 432 g/mol. The smallest absolute Gasteiger partial charge is 0.743 e. The van der Waals surface area contributed by atoms with Crippen molar-refractivity contribution in [1.29, 1.82) is 0 Å². The average Bonchev–Trinajstić information content (AvgIpc) is 1.98. The van der Waals surface area contributed by atoms with E-state index in [4.69, 9.17) is 0 Å². The van der Waals surface area contributed by atoms with E-state index in [1.54, 1.807) is 0 Å². The monoisotopic (exact) mass is 432 g/mol. The van der Waals surface area contributed by atoms with Gasteiger partial charge in [0.25, 0.3) is 0 Å². The number of alkyl halides is 9. The molecule has 0 radical (unpaired) electrons. The molecule has 0 atom stereocenters. The van der Waals surface area contributed by atoms with Gasteiger partial charge >= 0.3 is 92.2 Å². The van der Waals surface area contributed by atoms with Gasteiger partial charge in [-0.15, -0.1) is 0 Å². The molecule has 0 heterocycles. The van der Waals surface area contributed by atoms with Crippen LogP contribution in [-0.2, 0) is 10.1 Å². The van der Waals surface area contributed by atoms with E-state index in [-0.39, 0.29) is 68.9 Å². The number of hydrogen-bond acceptors (Lipinski definition) is 3. The minimum atomic E-state index is -7.43. The van der Waals surface area contributed by atoms with E-state index in [9.17, 15) is 52.5 Å². The summed E-state index contributed by atoms with van der Waals surface area (Å²) in [7, 11) is -7.42. The molecule has 0 rings (SSSR count). The number of halogens is 9. The van der Waals surface area contributed by atoms with Gasteiger partial charge in [-0.3, -0.25) is 0 Å². The quantitative estimate of drug-likeness (QED) is 0.424. The first-order chi connectivity index (χ1) is 7.00. The van der Waals surface area contributed by atoms with Gasteiger partial charge in [0.1, 0.15) is 0 Å². The van der Waals surface area contributed by atoms with Crippen molar-refractivity contribution in [2.24, 2.45) is 0 Å². The molecule has 0 unspecified atom stereocenters. The molecule has 104 valence electrons.